The Bertz CT molecular complexity index is 1130. The first-order valence-electron chi connectivity index (χ1n) is 10.0. The fraction of sp³-hybridized carbons (Fsp3) is 0.304. The molecule has 1 aromatic carbocycles. The summed E-state index contributed by atoms with van der Waals surface area (Å²) in [6.07, 6.45) is 4.42. The highest BCUT2D eigenvalue weighted by molar-refractivity contribution is 7.13. The van der Waals surface area contributed by atoms with E-state index in [1.54, 1.807) is 11.3 Å². The molecule has 0 radical (unpaired) electrons. The van der Waals surface area contributed by atoms with E-state index in [-0.39, 0.29) is 5.91 Å². The molecule has 0 spiro atoms. The number of nitrogens with one attached hydrogen (secondary N) is 1. The van der Waals surface area contributed by atoms with Gasteiger partial charge in [0.15, 0.2) is 0 Å². The number of aromatic nitrogens is 2. The van der Waals surface area contributed by atoms with E-state index in [0.29, 0.717) is 18.2 Å². The van der Waals surface area contributed by atoms with Gasteiger partial charge in [-0.25, -0.2) is 4.98 Å². The van der Waals surface area contributed by atoms with Crippen LogP contribution in [0.15, 0.2) is 52.4 Å². The minimum absolute atomic E-state index is 0.136. The van der Waals surface area contributed by atoms with E-state index in [9.17, 15) is 4.79 Å². The quantitative estimate of drug-likeness (QED) is 0.511. The number of oxazole rings is 1. The molecular formula is C23H23N3O2S. The van der Waals surface area contributed by atoms with Gasteiger partial charge in [-0.3, -0.25) is 4.79 Å². The summed E-state index contributed by atoms with van der Waals surface area (Å²) in [5.74, 6) is 1.97. The number of likely N-dealkylation sites (tertiary alicyclic amines) is 1. The smallest absolute Gasteiger partial charge is 0.236 e. The van der Waals surface area contributed by atoms with Crippen LogP contribution >= 0.6 is 11.3 Å². The number of carbonyl (C=O) groups excluding carboxylic acids is 1. The van der Waals surface area contributed by atoms with Gasteiger partial charge >= 0.3 is 0 Å². The zero-order chi connectivity index (χ0) is 19.8. The van der Waals surface area contributed by atoms with Gasteiger partial charge in [-0.05, 0) is 48.8 Å². The number of para-hydroxylation sites is 1. The zero-order valence-electron chi connectivity index (χ0n) is 16.4. The predicted octanol–water partition coefficient (Wildman–Crippen LogP) is 5.14. The van der Waals surface area contributed by atoms with Crippen molar-refractivity contribution in [2.24, 2.45) is 0 Å². The molecule has 148 valence electrons. The van der Waals surface area contributed by atoms with Crippen molar-refractivity contribution in [2.45, 2.75) is 32.1 Å². The number of fused-ring (bicyclic) bond motifs is 1. The number of benzene rings is 1. The Balaban J connectivity index is 1.24. The second kappa shape index (κ2) is 7.52. The molecule has 4 aromatic rings. The van der Waals surface area contributed by atoms with Crippen molar-refractivity contribution in [1.82, 2.24) is 14.9 Å². The van der Waals surface area contributed by atoms with Crippen molar-refractivity contribution in [3.8, 4) is 10.8 Å². The summed E-state index contributed by atoms with van der Waals surface area (Å²) in [5.41, 5.74) is 3.31. The van der Waals surface area contributed by atoms with Gasteiger partial charge in [0.1, 0.15) is 5.76 Å². The number of piperidine rings is 1. The summed E-state index contributed by atoms with van der Waals surface area (Å²) in [4.78, 5) is 23.8. The molecule has 29 heavy (non-hydrogen) atoms. The highest BCUT2D eigenvalue weighted by Gasteiger charge is 2.26. The molecule has 4 heterocycles. The first-order valence-corrected chi connectivity index (χ1v) is 10.9. The standard InChI is InChI=1S/C23H23N3O2S/c1-15-20(25-23(28-15)21-7-4-12-29-21)13-22(27)26-10-8-16(9-11-26)18-14-24-19-6-3-2-5-17(18)19/h2-7,12,14,16,24H,8-11,13H2,1H3. The molecule has 1 saturated heterocycles. The highest BCUT2D eigenvalue weighted by atomic mass is 32.1. The van der Waals surface area contributed by atoms with E-state index in [2.05, 4.69) is 40.4 Å². The van der Waals surface area contributed by atoms with Crippen LogP contribution < -0.4 is 0 Å². The van der Waals surface area contributed by atoms with Crippen LogP contribution in [0.3, 0.4) is 0 Å². The van der Waals surface area contributed by atoms with Crippen molar-refractivity contribution >= 4 is 28.1 Å². The molecule has 0 atom stereocenters. The second-order valence-electron chi connectivity index (χ2n) is 7.62. The van der Waals surface area contributed by atoms with Gasteiger partial charge in [-0.15, -0.1) is 11.3 Å². The minimum Gasteiger partial charge on any atom is -0.440 e. The van der Waals surface area contributed by atoms with E-state index in [0.717, 1.165) is 42.3 Å². The minimum atomic E-state index is 0.136. The Morgan fingerprint density at radius 3 is 2.86 bits per heavy atom. The summed E-state index contributed by atoms with van der Waals surface area (Å²) in [6.45, 7) is 3.46. The van der Waals surface area contributed by atoms with Gasteiger partial charge in [0.25, 0.3) is 0 Å². The summed E-state index contributed by atoms with van der Waals surface area (Å²) >= 11 is 1.59. The molecule has 5 rings (SSSR count). The lowest BCUT2D eigenvalue weighted by atomic mass is 9.89. The second-order valence-corrected chi connectivity index (χ2v) is 8.57. The molecule has 3 aromatic heterocycles. The summed E-state index contributed by atoms with van der Waals surface area (Å²) in [6, 6.07) is 12.4. The Morgan fingerprint density at radius 1 is 1.24 bits per heavy atom. The fourth-order valence-electron chi connectivity index (χ4n) is 4.22. The van der Waals surface area contributed by atoms with Crippen molar-refractivity contribution in [2.75, 3.05) is 13.1 Å². The SMILES string of the molecule is Cc1oc(-c2cccs2)nc1CC(=O)N1CCC(c2c[nH]c3ccccc23)CC1. The van der Waals surface area contributed by atoms with Gasteiger partial charge in [0.05, 0.1) is 17.0 Å². The normalized spacial score (nSPS) is 15.3. The Morgan fingerprint density at radius 2 is 2.07 bits per heavy atom. The lowest BCUT2D eigenvalue weighted by Crippen LogP contribution is -2.38. The summed E-state index contributed by atoms with van der Waals surface area (Å²) < 4.78 is 5.78. The van der Waals surface area contributed by atoms with Crippen molar-refractivity contribution < 1.29 is 9.21 Å². The van der Waals surface area contributed by atoms with E-state index >= 15 is 0 Å². The number of hydrogen-bond donors (Lipinski definition) is 1. The monoisotopic (exact) mass is 405 g/mol. The van der Waals surface area contributed by atoms with Gasteiger partial charge in [-0.1, -0.05) is 24.3 Å². The lowest BCUT2D eigenvalue weighted by molar-refractivity contribution is -0.131. The number of hydrogen-bond acceptors (Lipinski definition) is 4. The molecule has 0 aliphatic carbocycles. The average molecular weight is 406 g/mol. The largest absolute Gasteiger partial charge is 0.440 e. The number of aromatic amines is 1. The van der Waals surface area contributed by atoms with Crippen molar-refractivity contribution in [1.29, 1.82) is 0 Å². The maximum absolute atomic E-state index is 12.9. The van der Waals surface area contributed by atoms with Gasteiger partial charge in [0, 0.05) is 30.2 Å². The van der Waals surface area contributed by atoms with E-state index in [1.807, 2.05) is 29.3 Å². The zero-order valence-corrected chi connectivity index (χ0v) is 17.2. The number of rotatable bonds is 4. The summed E-state index contributed by atoms with van der Waals surface area (Å²) in [5, 5.41) is 3.30. The van der Waals surface area contributed by atoms with Crippen molar-refractivity contribution in [3.63, 3.8) is 0 Å². The van der Waals surface area contributed by atoms with E-state index in [1.165, 1.54) is 16.5 Å². The molecule has 5 nitrogen and oxygen atoms in total. The molecular weight excluding hydrogens is 382 g/mol. The van der Waals surface area contributed by atoms with Crippen LogP contribution in [0.5, 0.6) is 0 Å². The van der Waals surface area contributed by atoms with Crippen LogP contribution in [0, 0.1) is 6.92 Å². The molecule has 1 N–H and O–H groups in total. The third-order valence-electron chi connectivity index (χ3n) is 5.85. The van der Waals surface area contributed by atoms with Gasteiger partial charge in [0.2, 0.25) is 11.8 Å². The number of aryl methyl sites for hydroxylation is 1. The molecule has 6 heteroatoms. The number of thiophene rings is 1. The molecule has 1 aliphatic heterocycles. The fourth-order valence-corrected chi connectivity index (χ4v) is 4.87. The van der Waals surface area contributed by atoms with Crippen LogP contribution in [0.4, 0.5) is 0 Å². The third kappa shape index (κ3) is 3.49. The Labute approximate surface area is 173 Å². The maximum atomic E-state index is 12.9. The molecule has 1 amide bonds. The maximum Gasteiger partial charge on any atom is 0.236 e. The third-order valence-corrected chi connectivity index (χ3v) is 6.71. The molecule has 0 unspecified atom stereocenters. The average Bonchev–Trinajstić information content (AvgIpc) is 3.48. The molecule has 0 saturated carbocycles. The van der Waals surface area contributed by atoms with Crippen molar-refractivity contribution in [3.05, 3.63) is 65.0 Å². The molecule has 1 fully saturated rings. The highest BCUT2D eigenvalue weighted by Crippen LogP contribution is 2.33. The van der Waals surface area contributed by atoms with Gasteiger partial charge in [-0.2, -0.15) is 0 Å². The van der Waals surface area contributed by atoms with Crippen LogP contribution in [0.1, 0.15) is 35.8 Å². The van der Waals surface area contributed by atoms with Crippen LogP contribution in [-0.2, 0) is 11.2 Å². The van der Waals surface area contributed by atoms with Crippen LogP contribution in [-0.4, -0.2) is 33.9 Å². The summed E-state index contributed by atoms with van der Waals surface area (Å²) in [7, 11) is 0. The van der Waals surface area contributed by atoms with Gasteiger partial charge < -0.3 is 14.3 Å². The first kappa shape index (κ1) is 18.2. The lowest BCUT2D eigenvalue weighted by Gasteiger charge is -2.32. The van der Waals surface area contributed by atoms with E-state index < -0.39 is 0 Å². The molecule has 1 aliphatic rings. The first-order chi connectivity index (χ1) is 14.2. The topological polar surface area (TPSA) is 62.1 Å². The number of nitrogens with zero attached hydrogens (tertiary/aromatic N) is 2. The number of carbonyl (C=O) groups is 1. The molecule has 0 bridgehead atoms. The Kier molecular flexibility index (Phi) is 4.72. The van der Waals surface area contributed by atoms with Crippen LogP contribution in [0.25, 0.3) is 21.7 Å². The number of amides is 1. The van der Waals surface area contributed by atoms with Crippen LogP contribution in [0.2, 0.25) is 0 Å². The Hall–Kier alpha value is -2.86. The van der Waals surface area contributed by atoms with E-state index in [4.69, 9.17) is 4.42 Å². The predicted molar refractivity (Wildman–Crippen MR) is 115 cm³/mol. The number of H-pyrrole nitrogens is 1.